The molecule has 4 amide bonds. The lowest BCUT2D eigenvalue weighted by molar-refractivity contribution is -0.124. The summed E-state index contributed by atoms with van der Waals surface area (Å²) in [6, 6.07) is 3.97. The van der Waals surface area contributed by atoms with E-state index < -0.39 is 17.7 Å². The molecule has 0 aliphatic carbocycles. The maximum atomic E-state index is 12.3. The standard InChI is InChI=1S/C18H27N5O4/c1-5-23(10-15(25)22-18(2,3)4)9-14(24)21-13-7-11(16(19)26)6-12(8-13)17(20)27/h6-8H,5,9-10H2,1-4H3,(H2,19,26)(H2,20,27)(H,21,24)(H,22,25). The van der Waals surface area contributed by atoms with Crippen LogP contribution in [0.3, 0.4) is 0 Å². The highest BCUT2D eigenvalue weighted by Gasteiger charge is 2.18. The first-order valence-corrected chi connectivity index (χ1v) is 8.49. The summed E-state index contributed by atoms with van der Waals surface area (Å²) in [5.41, 5.74) is 10.4. The molecule has 1 rings (SSSR count). The van der Waals surface area contributed by atoms with Crippen molar-refractivity contribution < 1.29 is 19.2 Å². The molecule has 148 valence electrons. The molecule has 0 fully saturated rings. The van der Waals surface area contributed by atoms with Crippen LogP contribution in [0.1, 0.15) is 48.4 Å². The van der Waals surface area contributed by atoms with Gasteiger partial charge >= 0.3 is 0 Å². The Morgan fingerprint density at radius 2 is 1.41 bits per heavy atom. The number of carbonyl (C=O) groups excluding carboxylic acids is 4. The largest absolute Gasteiger partial charge is 0.366 e. The Kier molecular flexibility index (Phi) is 7.47. The Labute approximate surface area is 158 Å². The van der Waals surface area contributed by atoms with E-state index in [0.717, 1.165) is 0 Å². The highest BCUT2D eigenvalue weighted by Crippen LogP contribution is 2.15. The maximum Gasteiger partial charge on any atom is 0.248 e. The SMILES string of the molecule is CCN(CC(=O)Nc1cc(C(N)=O)cc(C(N)=O)c1)CC(=O)NC(C)(C)C. The Bertz CT molecular complexity index is 708. The molecule has 0 bridgehead atoms. The van der Waals surface area contributed by atoms with Crippen LogP contribution in [-0.4, -0.2) is 53.7 Å². The van der Waals surface area contributed by atoms with Crippen LogP contribution in [0.2, 0.25) is 0 Å². The van der Waals surface area contributed by atoms with Crippen LogP contribution in [0, 0.1) is 0 Å². The molecule has 0 heterocycles. The minimum absolute atomic E-state index is 0.0409. The minimum Gasteiger partial charge on any atom is -0.366 e. The van der Waals surface area contributed by atoms with E-state index in [9.17, 15) is 19.2 Å². The highest BCUT2D eigenvalue weighted by atomic mass is 16.2. The normalized spacial score (nSPS) is 11.1. The van der Waals surface area contributed by atoms with Gasteiger partial charge in [0.1, 0.15) is 0 Å². The first kappa shape index (κ1) is 22.1. The number of hydrogen-bond acceptors (Lipinski definition) is 5. The lowest BCUT2D eigenvalue weighted by Crippen LogP contribution is -2.47. The van der Waals surface area contributed by atoms with E-state index in [0.29, 0.717) is 6.54 Å². The van der Waals surface area contributed by atoms with Crippen molar-refractivity contribution in [1.29, 1.82) is 0 Å². The first-order valence-electron chi connectivity index (χ1n) is 8.49. The Balaban J connectivity index is 2.81. The number of nitrogens with one attached hydrogen (secondary N) is 2. The zero-order valence-electron chi connectivity index (χ0n) is 16.1. The molecule has 0 atom stereocenters. The Hall–Kier alpha value is -2.94. The molecule has 0 aliphatic rings. The lowest BCUT2D eigenvalue weighted by Gasteiger charge is -2.24. The van der Waals surface area contributed by atoms with Crippen molar-refractivity contribution in [2.75, 3.05) is 25.0 Å². The van der Waals surface area contributed by atoms with Gasteiger partial charge in [0.25, 0.3) is 0 Å². The van der Waals surface area contributed by atoms with Crippen molar-refractivity contribution in [2.45, 2.75) is 33.2 Å². The first-order chi connectivity index (χ1) is 12.4. The van der Waals surface area contributed by atoms with Crippen molar-refractivity contribution in [3.8, 4) is 0 Å². The topological polar surface area (TPSA) is 148 Å². The van der Waals surface area contributed by atoms with Gasteiger partial charge in [-0.25, -0.2) is 0 Å². The number of likely N-dealkylation sites (N-methyl/N-ethyl adjacent to an activating group) is 1. The maximum absolute atomic E-state index is 12.3. The number of primary amides is 2. The van der Waals surface area contributed by atoms with Crippen LogP contribution in [0.25, 0.3) is 0 Å². The predicted octanol–water partition coefficient (Wildman–Crippen LogP) is 0.0595. The molecule has 0 radical (unpaired) electrons. The summed E-state index contributed by atoms with van der Waals surface area (Å²) >= 11 is 0. The van der Waals surface area contributed by atoms with Crippen molar-refractivity contribution in [3.05, 3.63) is 29.3 Å². The quantitative estimate of drug-likeness (QED) is 0.506. The molecule has 0 aliphatic heterocycles. The van der Waals surface area contributed by atoms with Gasteiger partial charge in [-0.1, -0.05) is 6.92 Å². The van der Waals surface area contributed by atoms with Gasteiger partial charge in [0.05, 0.1) is 13.1 Å². The molecule has 0 aromatic heterocycles. The van der Waals surface area contributed by atoms with Gasteiger partial charge in [-0.3, -0.25) is 24.1 Å². The summed E-state index contributed by atoms with van der Waals surface area (Å²) in [6.45, 7) is 7.95. The summed E-state index contributed by atoms with van der Waals surface area (Å²) in [6.07, 6.45) is 0. The van der Waals surface area contributed by atoms with Gasteiger partial charge in [0.2, 0.25) is 23.6 Å². The predicted molar refractivity (Wildman–Crippen MR) is 102 cm³/mol. The lowest BCUT2D eigenvalue weighted by atomic mass is 10.1. The zero-order chi connectivity index (χ0) is 20.8. The summed E-state index contributed by atoms with van der Waals surface area (Å²) in [5.74, 6) is -2.09. The molecule has 0 spiro atoms. The van der Waals surface area contributed by atoms with Crippen molar-refractivity contribution in [2.24, 2.45) is 11.5 Å². The van der Waals surface area contributed by atoms with Gasteiger partial charge < -0.3 is 22.1 Å². The number of carbonyl (C=O) groups is 4. The van der Waals surface area contributed by atoms with E-state index in [4.69, 9.17) is 11.5 Å². The molecule has 0 saturated heterocycles. The molecular formula is C18H27N5O4. The highest BCUT2D eigenvalue weighted by molar-refractivity contribution is 6.02. The van der Waals surface area contributed by atoms with E-state index >= 15 is 0 Å². The van der Waals surface area contributed by atoms with Crippen LogP contribution in [0.4, 0.5) is 5.69 Å². The van der Waals surface area contributed by atoms with E-state index in [-0.39, 0.29) is 41.3 Å². The molecule has 9 heteroatoms. The van der Waals surface area contributed by atoms with Gasteiger partial charge in [-0.05, 0) is 45.5 Å². The second-order valence-electron chi connectivity index (χ2n) is 7.18. The summed E-state index contributed by atoms with van der Waals surface area (Å²) in [4.78, 5) is 48.7. The second kappa shape index (κ2) is 9.13. The number of hydrogen-bond donors (Lipinski definition) is 4. The molecular weight excluding hydrogens is 350 g/mol. The molecule has 6 N–H and O–H groups in total. The molecule has 1 aromatic rings. The summed E-state index contributed by atoms with van der Waals surface area (Å²) < 4.78 is 0. The smallest absolute Gasteiger partial charge is 0.248 e. The fraction of sp³-hybridized carbons (Fsp3) is 0.444. The zero-order valence-corrected chi connectivity index (χ0v) is 16.1. The van der Waals surface area contributed by atoms with Gasteiger partial charge in [-0.15, -0.1) is 0 Å². The summed E-state index contributed by atoms with van der Waals surface area (Å²) in [7, 11) is 0. The Morgan fingerprint density at radius 1 is 0.926 bits per heavy atom. The molecule has 1 aromatic carbocycles. The number of nitrogens with zero attached hydrogens (tertiary/aromatic N) is 1. The van der Waals surface area contributed by atoms with Crippen LogP contribution in [0.5, 0.6) is 0 Å². The van der Waals surface area contributed by atoms with Crippen molar-refractivity contribution in [3.63, 3.8) is 0 Å². The monoisotopic (exact) mass is 377 g/mol. The summed E-state index contributed by atoms with van der Waals surface area (Å²) in [5, 5.41) is 5.42. The molecule has 9 nitrogen and oxygen atoms in total. The van der Waals surface area contributed by atoms with Crippen LogP contribution in [0.15, 0.2) is 18.2 Å². The van der Waals surface area contributed by atoms with E-state index in [1.165, 1.54) is 18.2 Å². The van der Waals surface area contributed by atoms with Gasteiger partial charge in [-0.2, -0.15) is 0 Å². The van der Waals surface area contributed by atoms with Crippen molar-refractivity contribution >= 4 is 29.3 Å². The van der Waals surface area contributed by atoms with Crippen molar-refractivity contribution in [1.82, 2.24) is 10.2 Å². The van der Waals surface area contributed by atoms with Gasteiger partial charge in [0.15, 0.2) is 0 Å². The minimum atomic E-state index is -0.748. The fourth-order valence-corrected chi connectivity index (χ4v) is 2.33. The number of amides is 4. The van der Waals surface area contributed by atoms with Crippen LogP contribution >= 0.6 is 0 Å². The van der Waals surface area contributed by atoms with E-state index in [1.807, 2.05) is 27.7 Å². The fourth-order valence-electron chi connectivity index (χ4n) is 2.33. The number of nitrogens with two attached hydrogens (primary N) is 2. The average molecular weight is 377 g/mol. The van der Waals surface area contributed by atoms with E-state index in [1.54, 1.807) is 4.90 Å². The third-order valence-electron chi connectivity index (χ3n) is 3.48. The van der Waals surface area contributed by atoms with Crippen LogP contribution < -0.4 is 22.1 Å². The third-order valence-corrected chi connectivity index (χ3v) is 3.48. The Morgan fingerprint density at radius 3 is 1.81 bits per heavy atom. The number of anilines is 1. The number of rotatable bonds is 8. The molecule has 27 heavy (non-hydrogen) atoms. The third kappa shape index (κ3) is 7.87. The van der Waals surface area contributed by atoms with Crippen LogP contribution in [-0.2, 0) is 9.59 Å². The molecule has 0 unspecified atom stereocenters. The van der Waals surface area contributed by atoms with E-state index in [2.05, 4.69) is 10.6 Å². The second-order valence-corrected chi connectivity index (χ2v) is 7.18. The average Bonchev–Trinajstić information content (AvgIpc) is 2.51. The van der Waals surface area contributed by atoms with Gasteiger partial charge in [0, 0.05) is 22.4 Å². The number of benzene rings is 1. The molecule has 0 saturated carbocycles.